The van der Waals surface area contributed by atoms with Gasteiger partial charge in [0.15, 0.2) is 0 Å². The minimum Gasteiger partial charge on any atom is -0.326 e. The van der Waals surface area contributed by atoms with Gasteiger partial charge in [0.2, 0.25) is 5.91 Å². The Kier molecular flexibility index (Phi) is 8.81. The van der Waals surface area contributed by atoms with Gasteiger partial charge < -0.3 is 5.32 Å². The molecule has 31 heavy (non-hydrogen) atoms. The molecule has 0 unspecified atom stereocenters. The summed E-state index contributed by atoms with van der Waals surface area (Å²) in [6.45, 7) is 0.536. The van der Waals surface area contributed by atoms with Crippen molar-refractivity contribution in [1.82, 2.24) is 4.90 Å². The Balaban J connectivity index is 1.42. The predicted octanol–water partition coefficient (Wildman–Crippen LogP) is 7.05. The molecule has 0 aliphatic carbocycles. The lowest BCUT2D eigenvalue weighted by Crippen LogP contribution is -2.29. The van der Waals surface area contributed by atoms with Gasteiger partial charge in [0.25, 0.3) is 5.91 Å². The van der Waals surface area contributed by atoms with Gasteiger partial charge in [-0.05, 0) is 54.8 Å². The summed E-state index contributed by atoms with van der Waals surface area (Å²) < 4.78 is 0.556. The van der Waals surface area contributed by atoms with Crippen molar-refractivity contribution in [2.75, 3.05) is 11.9 Å². The molecule has 9 heteroatoms. The molecule has 2 amide bonds. The lowest BCUT2D eigenvalue weighted by molar-refractivity contribution is -0.122. The van der Waals surface area contributed by atoms with Crippen molar-refractivity contribution >= 4 is 86.7 Å². The van der Waals surface area contributed by atoms with Gasteiger partial charge in [-0.15, -0.1) is 0 Å². The number of benzene rings is 2. The number of thiocarbonyl (C=S) groups is 1. The molecule has 1 aliphatic heterocycles. The number of halogens is 3. The first kappa shape index (κ1) is 24.1. The molecule has 0 radical (unpaired) electrons. The van der Waals surface area contributed by atoms with E-state index in [1.54, 1.807) is 35.2 Å². The lowest BCUT2D eigenvalue weighted by Gasteiger charge is -2.14. The maximum absolute atomic E-state index is 12.7. The van der Waals surface area contributed by atoms with Gasteiger partial charge in [-0.2, -0.15) is 0 Å². The number of carbonyl (C=O) groups excluding carboxylic acids is 2. The molecule has 2 aromatic rings. The van der Waals surface area contributed by atoms with Gasteiger partial charge in [0.1, 0.15) is 4.32 Å². The Morgan fingerprint density at radius 1 is 1.00 bits per heavy atom. The van der Waals surface area contributed by atoms with Crippen LogP contribution in [0.2, 0.25) is 15.1 Å². The van der Waals surface area contributed by atoms with Crippen LogP contribution in [0.25, 0.3) is 6.08 Å². The Morgan fingerprint density at radius 2 is 1.68 bits per heavy atom. The number of unbranched alkanes of at least 4 members (excludes halogenated alkanes) is 2. The number of hydrogen-bond acceptors (Lipinski definition) is 4. The number of nitrogens with one attached hydrogen (secondary N) is 1. The van der Waals surface area contributed by atoms with E-state index in [-0.39, 0.29) is 11.8 Å². The van der Waals surface area contributed by atoms with E-state index in [0.29, 0.717) is 49.4 Å². The highest BCUT2D eigenvalue weighted by Crippen LogP contribution is 2.33. The monoisotopic (exact) mass is 512 g/mol. The molecule has 4 nitrogen and oxygen atoms in total. The molecule has 0 spiro atoms. The third kappa shape index (κ3) is 7.22. The van der Waals surface area contributed by atoms with Crippen LogP contribution < -0.4 is 5.32 Å². The van der Waals surface area contributed by atoms with E-state index in [4.69, 9.17) is 47.0 Å². The molecule has 1 aliphatic rings. The number of nitrogens with zero attached hydrogens (tertiary/aromatic N) is 1. The fourth-order valence-electron chi connectivity index (χ4n) is 2.98. The molecule has 0 aromatic heterocycles. The predicted molar refractivity (Wildman–Crippen MR) is 135 cm³/mol. The quantitative estimate of drug-likeness (QED) is 0.233. The van der Waals surface area contributed by atoms with Crippen molar-refractivity contribution < 1.29 is 9.59 Å². The first-order valence-electron chi connectivity index (χ1n) is 9.59. The van der Waals surface area contributed by atoms with E-state index >= 15 is 0 Å². The number of amides is 2. The highest BCUT2D eigenvalue weighted by molar-refractivity contribution is 8.26. The van der Waals surface area contributed by atoms with E-state index in [2.05, 4.69) is 5.32 Å². The smallest absolute Gasteiger partial charge is 0.266 e. The van der Waals surface area contributed by atoms with Crippen LogP contribution in [-0.4, -0.2) is 27.6 Å². The Bertz CT molecular complexity index is 1010. The summed E-state index contributed by atoms with van der Waals surface area (Å²) in [4.78, 5) is 27.0. The number of carbonyl (C=O) groups is 2. The topological polar surface area (TPSA) is 49.4 Å². The van der Waals surface area contributed by atoms with E-state index in [9.17, 15) is 9.59 Å². The second kappa shape index (κ2) is 11.3. The van der Waals surface area contributed by atoms with Crippen molar-refractivity contribution in [1.29, 1.82) is 0 Å². The average Bonchev–Trinajstić information content (AvgIpc) is 2.96. The number of thioether (sulfide) groups is 1. The van der Waals surface area contributed by atoms with Crippen molar-refractivity contribution in [3.8, 4) is 0 Å². The molecule has 0 atom stereocenters. The molecule has 1 heterocycles. The highest BCUT2D eigenvalue weighted by atomic mass is 35.5. The molecular weight excluding hydrogens is 495 g/mol. The second-order valence-corrected chi connectivity index (χ2v) is 9.89. The van der Waals surface area contributed by atoms with Gasteiger partial charge in [0.05, 0.1) is 4.91 Å². The van der Waals surface area contributed by atoms with Crippen molar-refractivity contribution in [3.05, 3.63) is 68.0 Å². The first-order chi connectivity index (χ1) is 14.8. The van der Waals surface area contributed by atoms with E-state index in [1.165, 1.54) is 11.8 Å². The van der Waals surface area contributed by atoms with Crippen LogP contribution in [0.3, 0.4) is 0 Å². The van der Waals surface area contributed by atoms with Crippen LogP contribution in [0.5, 0.6) is 0 Å². The molecule has 1 N–H and O–H groups in total. The SMILES string of the molecule is O=C(CCCCCN1C(=O)/C(=C/c2ccc(Cl)cc2)SC1=S)Nc1cc(Cl)cc(Cl)c1. The largest absolute Gasteiger partial charge is 0.326 e. The molecule has 2 aromatic carbocycles. The zero-order valence-corrected chi connectivity index (χ0v) is 20.3. The van der Waals surface area contributed by atoms with Gasteiger partial charge in [-0.3, -0.25) is 14.5 Å². The van der Waals surface area contributed by atoms with Gasteiger partial charge >= 0.3 is 0 Å². The number of rotatable bonds is 8. The zero-order valence-electron chi connectivity index (χ0n) is 16.4. The van der Waals surface area contributed by atoms with E-state index in [1.807, 2.05) is 18.2 Å². The second-order valence-electron chi connectivity index (χ2n) is 6.90. The summed E-state index contributed by atoms with van der Waals surface area (Å²) in [5.41, 5.74) is 1.48. The normalized spacial score (nSPS) is 15.1. The lowest BCUT2D eigenvalue weighted by atomic mass is 10.1. The highest BCUT2D eigenvalue weighted by Gasteiger charge is 2.31. The minimum absolute atomic E-state index is 0.0828. The summed E-state index contributed by atoms with van der Waals surface area (Å²) in [5.74, 6) is -0.185. The standard InChI is InChI=1S/C22H19Cl3N2O2S2/c23-15-7-5-14(6-8-15)10-19-21(29)27(22(30)31-19)9-3-1-2-4-20(28)26-18-12-16(24)11-17(25)13-18/h5-8,10-13H,1-4,9H2,(H,26,28)/b19-10-. The Morgan fingerprint density at radius 3 is 2.35 bits per heavy atom. The van der Waals surface area contributed by atoms with Gasteiger partial charge in [0, 0.05) is 33.7 Å². The third-order valence-corrected chi connectivity index (χ3v) is 6.54. The van der Waals surface area contributed by atoms with Gasteiger partial charge in [-0.1, -0.05) is 77.3 Å². The number of hydrogen-bond donors (Lipinski definition) is 1. The first-order valence-corrected chi connectivity index (χ1v) is 11.9. The zero-order chi connectivity index (χ0) is 22.4. The van der Waals surface area contributed by atoms with Crippen LogP contribution in [0.4, 0.5) is 5.69 Å². The molecule has 3 rings (SSSR count). The summed E-state index contributed by atoms with van der Waals surface area (Å²) >= 11 is 24.4. The third-order valence-electron chi connectivity index (χ3n) is 4.47. The molecule has 162 valence electrons. The maximum Gasteiger partial charge on any atom is 0.266 e. The summed E-state index contributed by atoms with van der Waals surface area (Å²) in [6.07, 6.45) is 4.46. The maximum atomic E-state index is 12.7. The molecular formula is C22H19Cl3N2O2S2. The van der Waals surface area contributed by atoms with Crippen LogP contribution >= 0.6 is 58.8 Å². The summed E-state index contributed by atoms with van der Waals surface area (Å²) in [6, 6.07) is 12.2. The van der Waals surface area contributed by atoms with Crippen LogP contribution in [0.15, 0.2) is 47.4 Å². The Labute approximate surface area is 205 Å². The molecule has 1 saturated heterocycles. The molecule has 0 bridgehead atoms. The molecule has 1 fully saturated rings. The summed E-state index contributed by atoms with van der Waals surface area (Å²) in [7, 11) is 0. The van der Waals surface area contributed by atoms with Crippen LogP contribution in [0.1, 0.15) is 31.2 Å². The van der Waals surface area contributed by atoms with E-state index in [0.717, 1.165) is 18.4 Å². The molecule has 0 saturated carbocycles. The van der Waals surface area contributed by atoms with Gasteiger partial charge in [-0.25, -0.2) is 0 Å². The van der Waals surface area contributed by atoms with Crippen molar-refractivity contribution in [2.24, 2.45) is 0 Å². The minimum atomic E-state index is -0.102. The van der Waals surface area contributed by atoms with E-state index < -0.39 is 0 Å². The van der Waals surface area contributed by atoms with Crippen LogP contribution in [0, 0.1) is 0 Å². The van der Waals surface area contributed by atoms with Crippen molar-refractivity contribution in [3.63, 3.8) is 0 Å². The fraction of sp³-hybridized carbons (Fsp3) is 0.227. The van der Waals surface area contributed by atoms with Crippen LogP contribution in [-0.2, 0) is 9.59 Å². The summed E-state index contributed by atoms with van der Waals surface area (Å²) in [5, 5.41) is 4.38. The van der Waals surface area contributed by atoms with Crippen molar-refractivity contribution in [2.45, 2.75) is 25.7 Å². The Hall–Kier alpha value is -1.57. The average molecular weight is 514 g/mol. The number of anilines is 1. The fourth-order valence-corrected chi connectivity index (χ4v) is 4.95.